The van der Waals surface area contributed by atoms with Gasteiger partial charge in [-0.15, -0.1) is 11.3 Å². The summed E-state index contributed by atoms with van der Waals surface area (Å²) in [5.41, 5.74) is -3.42. The van der Waals surface area contributed by atoms with E-state index in [1.807, 2.05) is 0 Å². The number of thiophene rings is 1. The van der Waals surface area contributed by atoms with E-state index >= 15 is 0 Å². The van der Waals surface area contributed by atoms with Gasteiger partial charge in [0.2, 0.25) is 5.54 Å². The fraction of sp³-hybridized carbons (Fsp3) is 0.333. The summed E-state index contributed by atoms with van der Waals surface area (Å²) in [6.45, 7) is 0.391. The van der Waals surface area contributed by atoms with Gasteiger partial charge in [-0.25, -0.2) is 4.79 Å². The van der Waals surface area contributed by atoms with Crippen LogP contribution in [-0.4, -0.2) is 28.7 Å². The van der Waals surface area contributed by atoms with E-state index in [4.69, 9.17) is 5.11 Å². The SMILES string of the molecule is CC(NC(=O)c1cc(Br)sc1Br)(C(=O)O)C(F)(F)F. The van der Waals surface area contributed by atoms with Crippen molar-refractivity contribution in [3.05, 3.63) is 19.2 Å². The monoisotopic (exact) mass is 423 g/mol. The second-order valence-corrected chi connectivity index (χ2v) is 7.37. The maximum Gasteiger partial charge on any atom is 0.422 e. The van der Waals surface area contributed by atoms with Gasteiger partial charge in [-0.05, 0) is 44.8 Å². The molecule has 0 radical (unpaired) electrons. The summed E-state index contributed by atoms with van der Waals surface area (Å²) in [5, 5.41) is 10.2. The molecule has 1 rings (SSSR count). The zero-order valence-corrected chi connectivity index (χ0v) is 13.1. The van der Waals surface area contributed by atoms with Crippen LogP contribution in [0.4, 0.5) is 13.2 Å². The van der Waals surface area contributed by atoms with Crippen molar-refractivity contribution in [2.24, 2.45) is 0 Å². The van der Waals surface area contributed by atoms with E-state index in [0.29, 0.717) is 14.5 Å². The molecular formula is C9H6Br2F3NO3S. The quantitative estimate of drug-likeness (QED) is 0.781. The van der Waals surface area contributed by atoms with E-state index in [1.54, 1.807) is 0 Å². The number of carboxylic acids is 1. The Bertz CT molecular complexity index is 531. The number of rotatable bonds is 3. The lowest BCUT2D eigenvalue weighted by molar-refractivity contribution is -0.203. The molecule has 0 aliphatic rings. The molecule has 1 aromatic rings. The average molecular weight is 425 g/mol. The minimum Gasteiger partial charge on any atom is -0.479 e. The fourth-order valence-electron chi connectivity index (χ4n) is 1.04. The molecule has 1 aromatic heterocycles. The first-order valence-corrected chi connectivity index (χ1v) is 6.96. The summed E-state index contributed by atoms with van der Waals surface area (Å²) in [4.78, 5) is 22.5. The predicted octanol–water partition coefficient (Wildman–Crippen LogP) is 3.41. The maximum atomic E-state index is 12.7. The molecule has 2 N–H and O–H groups in total. The molecule has 106 valence electrons. The molecule has 19 heavy (non-hydrogen) atoms. The number of hydrogen-bond donors (Lipinski definition) is 2. The molecule has 0 aliphatic heterocycles. The first kappa shape index (κ1) is 16.4. The summed E-state index contributed by atoms with van der Waals surface area (Å²) in [6.07, 6.45) is -5.12. The van der Waals surface area contributed by atoms with Gasteiger partial charge in [0.15, 0.2) is 0 Å². The van der Waals surface area contributed by atoms with E-state index in [0.717, 1.165) is 11.3 Å². The van der Waals surface area contributed by atoms with Crippen molar-refractivity contribution in [2.75, 3.05) is 0 Å². The Morgan fingerprint density at radius 3 is 2.21 bits per heavy atom. The highest BCUT2D eigenvalue weighted by Crippen LogP contribution is 2.34. The number of carbonyl (C=O) groups is 2. The van der Waals surface area contributed by atoms with Crippen LogP contribution in [0.5, 0.6) is 0 Å². The Balaban J connectivity index is 3.09. The average Bonchev–Trinajstić information content (AvgIpc) is 2.55. The van der Waals surface area contributed by atoms with Crippen LogP contribution in [0.15, 0.2) is 13.6 Å². The molecule has 1 unspecified atom stereocenters. The van der Waals surface area contributed by atoms with Gasteiger partial charge in [0, 0.05) is 0 Å². The Labute approximate surface area is 126 Å². The van der Waals surface area contributed by atoms with Gasteiger partial charge >= 0.3 is 12.1 Å². The number of nitrogens with one attached hydrogen (secondary N) is 1. The lowest BCUT2D eigenvalue weighted by Gasteiger charge is -2.28. The summed E-state index contributed by atoms with van der Waals surface area (Å²) in [5.74, 6) is -3.31. The fourth-order valence-corrected chi connectivity index (χ4v) is 3.83. The van der Waals surface area contributed by atoms with Gasteiger partial charge in [-0.3, -0.25) is 4.79 Å². The van der Waals surface area contributed by atoms with E-state index in [-0.39, 0.29) is 5.56 Å². The van der Waals surface area contributed by atoms with Crippen LogP contribution in [0.2, 0.25) is 0 Å². The van der Waals surface area contributed by atoms with Crippen molar-refractivity contribution in [2.45, 2.75) is 18.6 Å². The van der Waals surface area contributed by atoms with Crippen molar-refractivity contribution in [1.82, 2.24) is 5.32 Å². The third-order valence-corrected chi connectivity index (χ3v) is 4.60. The van der Waals surface area contributed by atoms with E-state index in [1.165, 1.54) is 11.4 Å². The number of alkyl halides is 3. The highest BCUT2D eigenvalue weighted by Gasteiger charge is 2.58. The Kier molecular flexibility index (Phi) is 4.68. The minimum absolute atomic E-state index is 0.0754. The van der Waals surface area contributed by atoms with Crippen molar-refractivity contribution < 1.29 is 27.9 Å². The van der Waals surface area contributed by atoms with Crippen LogP contribution in [0.3, 0.4) is 0 Å². The second-order valence-electron chi connectivity index (χ2n) is 3.62. The van der Waals surface area contributed by atoms with Gasteiger partial charge in [0.05, 0.1) is 13.1 Å². The van der Waals surface area contributed by atoms with Crippen LogP contribution < -0.4 is 5.32 Å². The zero-order valence-electron chi connectivity index (χ0n) is 9.14. The first-order chi connectivity index (χ1) is 8.49. The number of carbonyl (C=O) groups excluding carboxylic acids is 1. The molecule has 1 amide bonds. The number of halogens is 5. The topological polar surface area (TPSA) is 66.4 Å². The Morgan fingerprint density at radius 2 is 1.89 bits per heavy atom. The van der Waals surface area contributed by atoms with Crippen molar-refractivity contribution >= 4 is 55.1 Å². The third kappa shape index (κ3) is 3.29. The Hall–Kier alpha value is -0.610. The maximum absolute atomic E-state index is 12.7. The summed E-state index contributed by atoms with van der Waals surface area (Å²) < 4.78 is 39.0. The van der Waals surface area contributed by atoms with Crippen LogP contribution in [-0.2, 0) is 4.79 Å². The third-order valence-electron chi connectivity index (χ3n) is 2.26. The molecule has 1 atom stereocenters. The molecule has 0 saturated carbocycles. The molecule has 0 aliphatic carbocycles. The van der Waals surface area contributed by atoms with Crippen LogP contribution in [0, 0.1) is 0 Å². The lowest BCUT2D eigenvalue weighted by Crippen LogP contribution is -2.61. The molecule has 4 nitrogen and oxygen atoms in total. The number of amides is 1. The summed E-state index contributed by atoms with van der Waals surface area (Å²) >= 11 is 7.16. The molecule has 0 bridgehead atoms. The van der Waals surface area contributed by atoms with E-state index in [2.05, 4.69) is 31.9 Å². The molecule has 1 heterocycles. The number of hydrogen-bond acceptors (Lipinski definition) is 3. The Morgan fingerprint density at radius 1 is 1.37 bits per heavy atom. The lowest BCUT2D eigenvalue weighted by atomic mass is 10.0. The standard InChI is InChI=1S/C9H6Br2F3NO3S/c1-8(7(17)18,9(12,13)14)15-6(16)3-2-4(10)19-5(3)11/h2H,1H3,(H,15,16)(H,17,18). The molecule has 0 fully saturated rings. The van der Waals surface area contributed by atoms with Crippen LogP contribution in [0.1, 0.15) is 17.3 Å². The van der Waals surface area contributed by atoms with Gasteiger partial charge in [0.1, 0.15) is 0 Å². The van der Waals surface area contributed by atoms with Crippen molar-refractivity contribution in [3.8, 4) is 0 Å². The van der Waals surface area contributed by atoms with Crippen LogP contribution in [0.25, 0.3) is 0 Å². The normalized spacial score (nSPS) is 14.8. The van der Waals surface area contributed by atoms with Gasteiger partial charge < -0.3 is 10.4 Å². The van der Waals surface area contributed by atoms with E-state index < -0.39 is 23.6 Å². The molecule has 0 spiro atoms. The zero-order chi connectivity index (χ0) is 15.0. The van der Waals surface area contributed by atoms with Crippen molar-refractivity contribution in [3.63, 3.8) is 0 Å². The van der Waals surface area contributed by atoms with Crippen LogP contribution >= 0.6 is 43.2 Å². The van der Waals surface area contributed by atoms with Gasteiger partial charge in [-0.2, -0.15) is 13.2 Å². The number of carboxylic acid groups (broad SMARTS) is 1. The highest BCUT2D eigenvalue weighted by molar-refractivity contribution is 9.12. The summed E-state index contributed by atoms with van der Waals surface area (Å²) in [6, 6.07) is 1.29. The molecule has 0 aromatic carbocycles. The summed E-state index contributed by atoms with van der Waals surface area (Å²) in [7, 11) is 0. The predicted molar refractivity (Wildman–Crippen MR) is 69.3 cm³/mol. The first-order valence-electron chi connectivity index (χ1n) is 4.56. The molecule has 0 saturated heterocycles. The molecule has 10 heteroatoms. The number of aliphatic carboxylic acids is 1. The van der Waals surface area contributed by atoms with Gasteiger partial charge in [-0.1, -0.05) is 0 Å². The largest absolute Gasteiger partial charge is 0.479 e. The van der Waals surface area contributed by atoms with Crippen molar-refractivity contribution in [1.29, 1.82) is 0 Å². The van der Waals surface area contributed by atoms with E-state index in [9.17, 15) is 22.8 Å². The second kappa shape index (κ2) is 5.41. The molecular weight excluding hydrogens is 419 g/mol. The minimum atomic E-state index is -5.12. The smallest absolute Gasteiger partial charge is 0.422 e. The highest BCUT2D eigenvalue weighted by atomic mass is 79.9. The van der Waals surface area contributed by atoms with Gasteiger partial charge in [0.25, 0.3) is 5.91 Å².